The lowest BCUT2D eigenvalue weighted by molar-refractivity contribution is -0.111. The van der Waals surface area contributed by atoms with Crippen LogP contribution >= 0.6 is 11.3 Å². The largest absolute Gasteiger partial charge is 0.449 e. The molecule has 3 heterocycles. The Kier molecular flexibility index (Phi) is 6.40. The van der Waals surface area contributed by atoms with Gasteiger partial charge in [0, 0.05) is 29.9 Å². The zero-order valence-corrected chi connectivity index (χ0v) is 16.3. The van der Waals surface area contributed by atoms with Crippen molar-refractivity contribution in [2.75, 3.05) is 18.5 Å². The van der Waals surface area contributed by atoms with Gasteiger partial charge in [0.05, 0.1) is 18.7 Å². The van der Waals surface area contributed by atoms with E-state index in [4.69, 9.17) is 4.74 Å². The summed E-state index contributed by atoms with van der Waals surface area (Å²) in [7, 11) is 0. The van der Waals surface area contributed by atoms with Crippen LogP contribution in [-0.4, -0.2) is 35.0 Å². The van der Waals surface area contributed by atoms with Gasteiger partial charge in [-0.2, -0.15) is 5.26 Å². The van der Waals surface area contributed by atoms with Crippen molar-refractivity contribution in [3.05, 3.63) is 52.2 Å². The Morgan fingerprint density at radius 2 is 2.36 bits per heavy atom. The van der Waals surface area contributed by atoms with Crippen LogP contribution in [0.1, 0.15) is 34.9 Å². The molecule has 2 aromatic rings. The second kappa shape index (κ2) is 9.15. The zero-order chi connectivity index (χ0) is 19.9. The summed E-state index contributed by atoms with van der Waals surface area (Å²) in [5.74, 6) is -0.321. The summed E-state index contributed by atoms with van der Waals surface area (Å²) in [6.07, 6.45) is 7.37. The predicted octanol–water partition coefficient (Wildman–Crippen LogP) is 3.57. The number of rotatable bonds is 5. The first-order valence-corrected chi connectivity index (χ1v) is 9.79. The van der Waals surface area contributed by atoms with E-state index >= 15 is 0 Å². The minimum Gasteiger partial charge on any atom is -0.449 e. The Morgan fingerprint density at radius 1 is 1.50 bits per heavy atom. The highest BCUT2D eigenvalue weighted by molar-refractivity contribution is 7.16. The van der Waals surface area contributed by atoms with Gasteiger partial charge in [-0.3, -0.25) is 9.78 Å². The number of carbonyl (C=O) groups excluding carboxylic acids is 2. The molecule has 28 heavy (non-hydrogen) atoms. The van der Waals surface area contributed by atoms with Gasteiger partial charge >= 0.3 is 6.09 Å². The fraction of sp³-hybridized carbons (Fsp3) is 0.300. The van der Waals surface area contributed by atoms with E-state index < -0.39 is 0 Å². The average Bonchev–Trinajstić information content (AvgIpc) is 3.07. The maximum absolute atomic E-state index is 12.3. The fourth-order valence-electron chi connectivity index (χ4n) is 2.85. The van der Waals surface area contributed by atoms with Gasteiger partial charge < -0.3 is 15.0 Å². The Bertz CT molecular complexity index is 931. The number of anilines is 1. The molecule has 0 saturated carbocycles. The first-order chi connectivity index (χ1) is 13.6. The number of pyridine rings is 1. The normalized spacial score (nSPS) is 13.1. The molecule has 8 heteroatoms. The number of nitrogens with zero attached hydrogens (tertiary/aromatic N) is 3. The molecule has 1 N–H and O–H groups in total. The summed E-state index contributed by atoms with van der Waals surface area (Å²) < 4.78 is 5.19. The van der Waals surface area contributed by atoms with Crippen molar-refractivity contribution in [1.82, 2.24) is 9.88 Å². The maximum atomic E-state index is 12.3. The van der Waals surface area contributed by atoms with E-state index in [9.17, 15) is 14.9 Å². The minimum absolute atomic E-state index is 0.321. The SMILES string of the molecule is CCCOC(=O)N1CCc2c(sc(NC(=O)/C=C/c3cccnc3)c2C#N)C1. The van der Waals surface area contributed by atoms with Crippen molar-refractivity contribution in [3.8, 4) is 6.07 Å². The third-order valence-electron chi connectivity index (χ3n) is 4.20. The molecule has 0 bridgehead atoms. The number of ether oxygens (including phenoxy) is 1. The molecule has 3 rings (SSSR count). The molecule has 0 fully saturated rings. The van der Waals surface area contributed by atoms with Crippen LogP contribution in [0.15, 0.2) is 30.6 Å². The van der Waals surface area contributed by atoms with Crippen molar-refractivity contribution >= 4 is 34.4 Å². The van der Waals surface area contributed by atoms with Gasteiger partial charge in [0.25, 0.3) is 0 Å². The number of fused-ring (bicyclic) bond motifs is 1. The molecule has 1 aliphatic heterocycles. The number of nitriles is 1. The second-order valence-corrected chi connectivity index (χ2v) is 7.32. The van der Waals surface area contributed by atoms with Crippen molar-refractivity contribution in [2.24, 2.45) is 0 Å². The minimum atomic E-state index is -0.343. The van der Waals surface area contributed by atoms with Crippen LogP contribution in [0, 0.1) is 11.3 Å². The molecule has 0 aromatic carbocycles. The maximum Gasteiger partial charge on any atom is 0.410 e. The molecule has 2 amide bonds. The molecule has 0 aliphatic carbocycles. The van der Waals surface area contributed by atoms with Gasteiger partial charge in [0.2, 0.25) is 5.91 Å². The van der Waals surface area contributed by atoms with Crippen LogP contribution in [-0.2, 0) is 22.5 Å². The van der Waals surface area contributed by atoms with Gasteiger partial charge in [0.1, 0.15) is 11.1 Å². The zero-order valence-electron chi connectivity index (χ0n) is 15.5. The summed E-state index contributed by atoms with van der Waals surface area (Å²) in [5.41, 5.74) is 2.19. The fourth-order valence-corrected chi connectivity index (χ4v) is 4.06. The van der Waals surface area contributed by atoms with Crippen LogP contribution in [0.25, 0.3) is 6.08 Å². The van der Waals surface area contributed by atoms with Crippen molar-refractivity contribution in [2.45, 2.75) is 26.3 Å². The standard InChI is InChI=1S/C20H20N4O3S/c1-2-10-27-20(26)24-9-7-15-16(11-21)19(28-17(15)13-24)23-18(25)6-5-14-4-3-8-22-12-14/h3-6,8,12H,2,7,9-10,13H2,1H3,(H,23,25)/b6-5+. The predicted molar refractivity (Wildman–Crippen MR) is 107 cm³/mol. The van der Waals surface area contributed by atoms with E-state index in [0.29, 0.717) is 36.7 Å². The Morgan fingerprint density at radius 3 is 3.07 bits per heavy atom. The first kappa shape index (κ1) is 19.6. The van der Waals surface area contributed by atoms with E-state index in [1.807, 2.05) is 13.0 Å². The number of nitrogens with one attached hydrogen (secondary N) is 1. The Balaban J connectivity index is 1.71. The van der Waals surface area contributed by atoms with Gasteiger partial charge in [-0.15, -0.1) is 11.3 Å². The lowest BCUT2D eigenvalue weighted by atomic mass is 10.0. The second-order valence-electron chi connectivity index (χ2n) is 6.21. The molecule has 0 atom stereocenters. The van der Waals surface area contributed by atoms with Crippen LogP contribution in [0.5, 0.6) is 0 Å². The van der Waals surface area contributed by atoms with E-state index in [0.717, 1.165) is 22.4 Å². The highest BCUT2D eigenvalue weighted by Gasteiger charge is 2.28. The summed E-state index contributed by atoms with van der Waals surface area (Å²) in [6.45, 7) is 3.21. The number of carbonyl (C=O) groups is 2. The molecular weight excluding hydrogens is 376 g/mol. The molecule has 144 valence electrons. The van der Waals surface area contributed by atoms with E-state index in [2.05, 4.69) is 16.4 Å². The number of amides is 2. The molecule has 0 spiro atoms. The highest BCUT2D eigenvalue weighted by Crippen LogP contribution is 2.36. The van der Waals surface area contributed by atoms with Crippen LogP contribution in [0.2, 0.25) is 0 Å². The van der Waals surface area contributed by atoms with Crippen LogP contribution < -0.4 is 5.32 Å². The van der Waals surface area contributed by atoms with Crippen molar-refractivity contribution < 1.29 is 14.3 Å². The highest BCUT2D eigenvalue weighted by atomic mass is 32.1. The number of hydrogen-bond acceptors (Lipinski definition) is 6. The molecule has 0 saturated heterocycles. The van der Waals surface area contributed by atoms with E-state index in [1.165, 1.54) is 17.4 Å². The van der Waals surface area contributed by atoms with Gasteiger partial charge in [-0.05, 0) is 36.1 Å². The summed E-state index contributed by atoms with van der Waals surface area (Å²) in [6, 6.07) is 5.82. The molecule has 0 unspecified atom stereocenters. The van der Waals surface area contributed by atoms with E-state index in [1.54, 1.807) is 29.4 Å². The van der Waals surface area contributed by atoms with Crippen LogP contribution in [0.3, 0.4) is 0 Å². The molecular formula is C20H20N4O3S. The molecule has 7 nitrogen and oxygen atoms in total. The lowest BCUT2D eigenvalue weighted by Crippen LogP contribution is -2.36. The van der Waals surface area contributed by atoms with Crippen molar-refractivity contribution in [3.63, 3.8) is 0 Å². The molecule has 0 radical (unpaired) electrons. The summed E-state index contributed by atoms with van der Waals surface area (Å²) >= 11 is 1.33. The molecule has 1 aliphatic rings. The third-order valence-corrected chi connectivity index (χ3v) is 5.34. The number of hydrogen-bond donors (Lipinski definition) is 1. The number of aromatic nitrogens is 1. The summed E-state index contributed by atoms with van der Waals surface area (Å²) in [4.78, 5) is 30.9. The van der Waals surface area contributed by atoms with E-state index in [-0.39, 0.29) is 12.0 Å². The molecule has 2 aromatic heterocycles. The first-order valence-electron chi connectivity index (χ1n) is 8.97. The lowest BCUT2D eigenvalue weighted by Gasteiger charge is -2.26. The Labute approximate surface area is 167 Å². The summed E-state index contributed by atoms with van der Waals surface area (Å²) in [5, 5.41) is 12.8. The smallest absolute Gasteiger partial charge is 0.410 e. The monoisotopic (exact) mass is 396 g/mol. The topological polar surface area (TPSA) is 95.3 Å². The van der Waals surface area contributed by atoms with Crippen LogP contribution in [0.4, 0.5) is 9.80 Å². The Hall–Kier alpha value is -3.18. The number of thiophene rings is 1. The van der Waals surface area contributed by atoms with Crippen molar-refractivity contribution in [1.29, 1.82) is 5.26 Å². The van der Waals surface area contributed by atoms with Gasteiger partial charge in [-0.1, -0.05) is 13.0 Å². The van der Waals surface area contributed by atoms with Gasteiger partial charge in [0.15, 0.2) is 0 Å². The quantitative estimate of drug-likeness (QED) is 0.780. The average molecular weight is 396 g/mol. The van der Waals surface area contributed by atoms with Gasteiger partial charge in [-0.25, -0.2) is 4.79 Å². The third kappa shape index (κ3) is 4.56.